The summed E-state index contributed by atoms with van der Waals surface area (Å²) < 4.78 is 1.95. The molecule has 3 rings (SSSR count). The van der Waals surface area contributed by atoms with Crippen LogP contribution in [0.2, 0.25) is 0 Å². The van der Waals surface area contributed by atoms with Crippen molar-refractivity contribution in [3.8, 4) is 0 Å². The highest BCUT2D eigenvalue weighted by molar-refractivity contribution is 5.32. The summed E-state index contributed by atoms with van der Waals surface area (Å²) in [6.07, 6.45) is 5.28. The number of hydrogen-bond acceptors (Lipinski definition) is 3. The smallest absolute Gasteiger partial charge is 0.140 e. The second kappa shape index (κ2) is 4.90. The van der Waals surface area contributed by atoms with Crippen LogP contribution in [0.1, 0.15) is 35.7 Å². The maximum atomic E-state index is 5.67. The van der Waals surface area contributed by atoms with Crippen LogP contribution in [0.3, 0.4) is 0 Å². The van der Waals surface area contributed by atoms with Gasteiger partial charge in [0.1, 0.15) is 12.2 Å². The van der Waals surface area contributed by atoms with Crippen molar-refractivity contribution in [1.82, 2.24) is 14.8 Å². The van der Waals surface area contributed by atoms with Gasteiger partial charge in [0.2, 0.25) is 0 Å². The minimum atomic E-state index is 0.453. The van der Waals surface area contributed by atoms with E-state index >= 15 is 0 Å². The first-order valence-electron chi connectivity index (χ1n) is 6.53. The first kappa shape index (κ1) is 11.4. The van der Waals surface area contributed by atoms with Gasteiger partial charge in [-0.25, -0.2) is 9.67 Å². The molecule has 1 heterocycles. The molecule has 1 atom stereocenters. The van der Waals surface area contributed by atoms with Crippen molar-refractivity contribution < 1.29 is 0 Å². The van der Waals surface area contributed by atoms with E-state index in [1.807, 2.05) is 4.68 Å². The normalized spacial score (nSPS) is 18.6. The van der Waals surface area contributed by atoms with Crippen molar-refractivity contribution in [3.05, 3.63) is 47.5 Å². The van der Waals surface area contributed by atoms with Crippen LogP contribution < -0.4 is 5.73 Å². The summed E-state index contributed by atoms with van der Waals surface area (Å²) in [6, 6.07) is 8.75. The topological polar surface area (TPSA) is 56.7 Å². The van der Waals surface area contributed by atoms with Crippen molar-refractivity contribution in [2.24, 2.45) is 5.73 Å². The van der Waals surface area contributed by atoms with E-state index in [2.05, 4.69) is 34.3 Å². The molecule has 1 aliphatic carbocycles. The molecule has 4 nitrogen and oxygen atoms in total. The summed E-state index contributed by atoms with van der Waals surface area (Å²) in [5, 5.41) is 4.28. The van der Waals surface area contributed by atoms with Crippen molar-refractivity contribution in [3.63, 3.8) is 0 Å². The highest BCUT2D eigenvalue weighted by Crippen LogP contribution is 2.32. The molecule has 0 spiro atoms. The van der Waals surface area contributed by atoms with Crippen LogP contribution in [-0.4, -0.2) is 14.8 Å². The molecule has 18 heavy (non-hydrogen) atoms. The van der Waals surface area contributed by atoms with E-state index in [4.69, 9.17) is 5.73 Å². The highest BCUT2D eigenvalue weighted by Gasteiger charge is 2.21. The molecule has 0 radical (unpaired) electrons. The average Bonchev–Trinajstić information content (AvgIpc) is 2.86. The van der Waals surface area contributed by atoms with E-state index in [0.717, 1.165) is 12.4 Å². The number of aryl methyl sites for hydroxylation is 1. The summed E-state index contributed by atoms with van der Waals surface area (Å²) in [4.78, 5) is 4.18. The third-order valence-electron chi connectivity index (χ3n) is 3.77. The van der Waals surface area contributed by atoms with Gasteiger partial charge < -0.3 is 5.73 Å². The van der Waals surface area contributed by atoms with Crippen LogP contribution in [0.4, 0.5) is 0 Å². The molecule has 0 bridgehead atoms. The first-order chi connectivity index (χ1) is 8.88. The molecule has 94 valence electrons. The average molecular weight is 242 g/mol. The van der Waals surface area contributed by atoms with Gasteiger partial charge in [-0.15, -0.1) is 0 Å². The Morgan fingerprint density at radius 3 is 3.11 bits per heavy atom. The van der Waals surface area contributed by atoms with Crippen molar-refractivity contribution in [2.75, 3.05) is 0 Å². The van der Waals surface area contributed by atoms with Crippen LogP contribution in [0.15, 0.2) is 30.6 Å². The lowest BCUT2D eigenvalue weighted by molar-refractivity contribution is 0.446. The number of benzene rings is 1. The Kier molecular flexibility index (Phi) is 3.11. The number of fused-ring (bicyclic) bond motifs is 1. The lowest BCUT2D eigenvalue weighted by Crippen LogP contribution is -2.19. The Labute approximate surface area is 107 Å². The van der Waals surface area contributed by atoms with E-state index in [1.54, 1.807) is 6.33 Å². The van der Waals surface area contributed by atoms with E-state index in [9.17, 15) is 0 Å². The molecule has 0 amide bonds. The standard InChI is InChI=1S/C14H18N4/c15-8-14-16-10-17-18(14)9-12-6-3-5-11-4-1-2-7-13(11)12/h1-2,4,7,10,12H,3,5-6,8-9,15H2. The fourth-order valence-corrected chi connectivity index (χ4v) is 2.85. The van der Waals surface area contributed by atoms with E-state index in [1.165, 1.54) is 30.4 Å². The minimum absolute atomic E-state index is 0.453. The zero-order chi connectivity index (χ0) is 12.4. The van der Waals surface area contributed by atoms with Gasteiger partial charge in [-0.1, -0.05) is 24.3 Å². The van der Waals surface area contributed by atoms with Gasteiger partial charge in [-0.3, -0.25) is 0 Å². The zero-order valence-electron chi connectivity index (χ0n) is 10.4. The molecule has 1 aromatic heterocycles. The maximum absolute atomic E-state index is 5.67. The zero-order valence-corrected chi connectivity index (χ0v) is 10.4. The molecule has 1 unspecified atom stereocenters. The Morgan fingerprint density at radius 2 is 2.22 bits per heavy atom. The van der Waals surface area contributed by atoms with Gasteiger partial charge in [0.15, 0.2) is 0 Å². The molecule has 2 N–H and O–H groups in total. The maximum Gasteiger partial charge on any atom is 0.140 e. The second-order valence-corrected chi connectivity index (χ2v) is 4.85. The number of nitrogens with zero attached hydrogens (tertiary/aromatic N) is 3. The molecule has 1 aliphatic rings. The van der Waals surface area contributed by atoms with Gasteiger partial charge in [-0.05, 0) is 30.4 Å². The second-order valence-electron chi connectivity index (χ2n) is 4.85. The molecule has 2 aromatic rings. The van der Waals surface area contributed by atoms with Gasteiger partial charge in [-0.2, -0.15) is 5.10 Å². The van der Waals surface area contributed by atoms with Crippen molar-refractivity contribution >= 4 is 0 Å². The predicted octanol–water partition coefficient (Wildman–Crippen LogP) is 1.86. The van der Waals surface area contributed by atoms with Crippen LogP contribution in [0.5, 0.6) is 0 Å². The molecule has 0 aliphatic heterocycles. The Morgan fingerprint density at radius 1 is 1.33 bits per heavy atom. The largest absolute Gasteiger partial charge is 0.324 e. The third kappa shape index (κ3) is 2.04. The summed E-state index contributed by atoms with van der Waals surface area (Å²) in [7, 11) is 0. The van der Waals surface area contributed by atoms with Crippen LogP contribution in [0.25, 0.3) is 0 Å². The minimum Gasteiger partial charge on any atom is -0.324 e. The third-order valence-corrected chi connectivity index (χ3v) is 3.77. The van der Waals surface area contributed by atoms with Gasteiger partial charge in [0.25, 0.3) is 0 Å². The lowest BCUT2D eigenvalue weighted by Gasteiger charge is -2.25. The Hall–Kier alpha value is -1.68. The summed E-state index contributed by atoms with van der Waals surface area (Å²) >= 11 is 0. The number of aromatic nitrogens is 3. The van der Waals surface area contributed by atoms with E-state index in [-0.39, 0.29) is 0 Å². The number of rotatable bonds is 3. The summed E-state index contributed by atoms with van der Waals surface area (Å²) in [6.45, 7) is 1.35. The predicted molar refractivity (Wildman–Crippen MR) is 70.0 cm³/mol. The van der Waals surface area contributed by atoms with E-state index < -0.39 is 0 Å². The summed E-state index contributed by atoms with van der Waals surface area (Å²) in [5.41, 5.74) is 8.63. The van der Waals surface area contributed by atoms with Gasteiger partial charge >= 0.3 is 0 Å². The number of nitrogens with two attached hydrogens (primary N) is 1. The SMILES string of the molecule is NCc1ncnn1CC1CCCc2ccccc21. The van der Waals surface area contributed by atoms with E-state index in [0.29, 0.717) is 12.5 Å². The van der Waals surface area contributed by atoms with Crippen LogP contribution in [-0.2, 0) is 19.5 Å². The molecular weight excluding hydrogens is 224 g/mol. The van der Waals surface area contributed by atoms with Crippen LogP contribution >= 0.6 is 0 Å². The monoisotopic (exact) mass is 242 g/mol. The van der Waals surface area contributed by atoms with Crippen LogP contribution in [0, 0.1) is 0 Å². The first-order valence-corrected chi connectivity index (χ1v) is 6.53. The molecule has 4 heteroatoms. The quantitative estimate of drug-likeness (QED) is 0.893. The fraction of sp³-hybridized carbons (Fsp3) is 0.429. The van der Waals surface area contributed by atoms with Crippen molar-refractivity contribution in [2.45, 2.75) is 38.3 Å². The number of hydrogen-bond donors (Lipinski definition) is 1. The Bertz CT molecular complexity index is 532. The lowest BCUT2D eigenvalue weighted by atomic mass is 9.83. The molecule has 0 saturated carbocycles. The fourth-order valence-electron chi connectivity index (χ4n) is 2.85. The van der Waals surface area contributed by atoms with Crippen molar-refractivity contribution in [1.29, 1.82) is 0 Å². The molecule has 0 saturated heterocycles. The molecule has 1 aromatic carbocycles. The summed E-state index contributed by atoms with van der Waals surface area (Å²) in [5.74, 6) is 1.42. The highest BCUT2D eigenvalue weighted by atomic mass is 15.3. The van der Waals surface area contributed by atoms with Gasteiger partial charge in [0, 0.05) is 12.5 Å². The van der Waals surface area contributed by atoms with Gasteiger partial charge in [0.05, 0.1) is 6.54 Å². The molecular formula is C14H18N4. The Balaban J connectivity index is 1.86. The molecule has 0 fully saturated rings.